The summed E-state index contributed by atoms with van der Waals surface area (Å²) < 4.78 is 10.5. The third kappa shape index (κ3) is 12.1. The standard InChI is InChI=1S/C23H36O7.C6H12O2/c1-4-13(2)23(29)30-20-11-17(25)9-15-6-5-14(3)19(22(15)20)8-7-16(24)10-18(26)12-21(27)28;1-5(2)4-8-6(3)7/h5-6,9,13-14,16-20,22,24-26H,4,7-8,10-12H2,1-3H3,(H,27,28);5H,4H2,1-3H3/t13-,14-,16+,17+,18+,19-,20-,22-;/m0./s1. The predicted octanol–water partition coefficient (Wildman–Crippen LogP) is 3.65. The number of carboxylic acids is 1. The summed E-state index contributed by atoms with van der Waals surface area (Å²) in [5, 5.41) is 39.1. The first-order valence-electron chi connectivity index (χ1n) is 13.7. The highest BCUT2D eigenvalue weighted by molar-refractivity contribution is 5.72. The fourth-order valence-corrected chi connectivity index (χ4v) is 4.80. The van der Waals surface area contributed by atoms with E-state index in [9.17, 15) is 29.7 Å². The van der Waals surface area contributed by atoms with Gasteiger partial charge in [0.15, 0.2) is 0 Å². The summed E-state index contributed by atoms with van der Waals surface area (Å²) in [5.41, 5.74) is 0.958. The Kier molecular flexibility index (Phi) is 14.8. The van der Waals surface area contributed by atoms with E-state index >= 15 is 0 Å². The van der Waals surface area contributed by atoms with Gasteiger partial charge < -0.3 is 29.9 Å². The maximum absolute atomic E-state index is 12.4. The molecule has 8 atom stereocenters. The van der Waals surface area contributed by atoms with Gasteiger partial charge in [-0.2, -0.15) is 0 Å². The third-order valence-electron chi connectivity index (χ3n) is 7.06. The van der Waals surface area contributed by atoms with E-state index < -0.39 is 30.4 Å². The largest absolute Gasteiger partial charge is 0.481 e. The van der Waals surface area contributed by atoms with Gasteiger partial charge in [0.1, 0.15) is 6.10 Å². The predicted molar refractivity (Wildman–Crippen MR) is 143 cm³/mol. The van der Waals surface area contributed by atoms with Crippen LogP contribution in [-0.4, -0.2) is 69.4 Å². The summed E-state index contributed by atoms with van der Waals surface area (Å²) in [6.45, 7) is 11.8. The van der Waals surface area contributed by atoms with E-state index in [2.05, 4.69) is 17.7 Å². The number of ether oxygens (including phenoxy) is 2. The molecule has 0 heterocycles. The van der Waals surface area contributed by atoms with Gasteiger partial charge in [-0.3, -0.25) is 14.4 Å². The highest BCUT2D eigenvalue weighted by Crippen LogP contribution is 2.44. The summed E-state index contributed by atoms with van der Waals surface area (Å²) >= 11 is 0. The van der Waals surface area contributed by atoms with Gasteiger partial charge in [-0.25, -0.2) is 0 Å². The second-order valence-electron chi connectivity index (χ2n) is 11.1. The van der Waals surface area contributed by atoms with Crippen molar-refractivity contribution in [1.29, 1.82) is 0 Å². The Morgan fingerprint density at radius 1 is 1.13 bits per heavy atom. The molecule has 9 heteroatoms. The van der Waals surface area contributed by atoms with Gasteiger partial charge in [0, 0.05) is 19.3 Å². The van der Waals surface area contributed by atoms with Gasteiger partial charge in [-0.15, -0.1) is 0 Å². The van der Waals surface area contributed by atoms with Gasteiger partial charge in [-0.05, 0) is 49.0 Å². The van der Waals surface area contributed by atoms with Crippen molar-refractivity contribution in [3.63, 3.8) is 0 Å². The van der Waals surface area contributed by atoms with E-state index in [1.54, 1.807) is 0 Å². The van der Waals surface area contributed by atoms with E-state index in [4.69, 9.17) is 9.84 Å². The van der Waals surface area contributed by atoms with Crippen LogP contribution in [0.15, 0.2) is 23.8 Å². The van der Waals surface area contributed by atoms with Crippen molar-refractivity contribution in [3.05, 3.63) is 23.8 Å². The average molecular weight is 541 g/mol. The SMILES string of the molecule is CC(=O)OCC(C)C.CC[C@H](C)C(=O)O[C@H]1C[C@H](O)C=C2C=C[C@H](C)[C@H](CC[C@@H](O)C[C@@H](O)CC(=O)O)[C@H]21. The van der Waals surface area contributed by atoms with E-state index in [1.165, 1.54) is 6.92 Å². The van der Waals surface area contributed by atoms with Crippen molar-refractivity contribution in [2.45, 2.75) is 104 Å². The summed E-state index contributed by atoms with van der Waals surface area (Å²) in [5.74, 6) is -1.06. The third-order valence-corrected chi connectivity index (χ3v) is 7.06. The quantitative estimate of drug-likeness (QED) is 0.272. The lowest BCUT2D eigenvalue weighted by Crippen LogP contribution is -2.43. The van der Waals surface area contributed by atoms with E-state index in [1.807, 2.05) is 39.8 Å². The van der Waals surface area contributed by atoms with Crippen molar-refractivity contribution in [2.75, 3.05) is 6.61 Å². The number of carboxylic acid groups (broad SMARTS) is 1. The normalized spacial score (nSPS) is 26.7. The number of allylic oxidation sites excluding steroid dienone is 2. The molecular formula is C29H48O9. The van der Waals surface area contributed by atoms with E-state index in [0.717, 1.165) is 5.57 Å². The van der Waals surface area contributed by atoms with Crippen molar-refractivity contribution in [2.24, 2.45) is 29.6 Å². The zero-order valence-corrected chi connectivity index (χ0v) is 23.7. The van der Waals surface area contributed by atoms with Gasteiger partial charge in [0.2, 0.25) is 0 Å². The monoisotopic (exact) mass is 540 g/mol. The number of carbonyl (C=O) groups excluding carboxylic acids is 2. The molecule has 0 saturated carbocycles. The minimum atomic E-state index is -1.10. The summed E-state index contributed by atoms with van der Waals surface area (Å²) in [4.78, 5) is 33.3. The maximum atomic E-state index is 12.4. The molecule has 2 aliphatic rings. The van der Waals surface area contributed by atoms with Crippen molar-refractivity contribution in [3.8, 4) is 0 Å². The smallest absolute Gasteiger partial charge is 0.308 e. The van der Waals surface area contributed by atoms with Crippen LogP contribution in [0.4, 0.5) is 0 Å². The van der Waals surface area contributed by atoms with Crippen LogP contribution in [0.3, 0.4) is 0 Å². The Morgan fingerprint density at radius 2 is 1.79 bits per heavy atom. The van der Waals surface area contributed by atoms with Crippen LogP contribution in [0.1, 0.15) is 80.1 Å². The summed E-state index contributed by atoms with van der Waals surface area (Å²) in [6, 6.07) is 0. The summed E-state index contributed by atoms with van der Waals surface area (Å²) in [7, 11) is 0. The van der Waals surface area contributed by atoms with Crippen LogP contribution in [0, 0.1) is 29.6 Å². The second-order valence-corrected chi connectivity index (χ2v) is 11.1. The van der Waals surface area contributed by atoms with Crippen molar-refractivity contribution in [1.82, 2.24) is 0 Å². The van der Waals surface area contributed by atoms with Crippen molar-refractivity contribution < 1.29 is 44.3 Å². The highest BCUT2D eigenvalue weighted by atomic mass is 16.5. The molecule has 2 rings (SSSR count). The molecule has 218 valence electrons. The number of aliphatic hydroxyl groups is 3. The van der Waals surface area contributed by atoms with Gasteiger partial charge in [0.25, 0.3) is 0 Å². The molecule has 0 aromatic rings. The molecule has 9 nitrogen and oxygen atoms in total. The van der Waals surface area contributed by atoms with Crippen LogP contribution >= 0.6 is 0 Å². The van der Waals surface area contributed by atoms with Crippen LogP contribution in [-0.2, 0) is 23.9 Å². The Balaban J connectivity index is 0.000000781. The molecule has 0 aromatic heterocycles. The molecule has 2 aliphatic carbocycles. The van der Waals surface area contributed by atoms with Gasteiger partial charge in [0.05, 0.1) is 37.3 Å². The number of aliphatic carboxylic acids is 1. The first-order chi connectivity index (χ1) is 17.7. The molecule has 0 bridgehead atoms. The number of hydrogen-bond acceptors (Lipinski definition) is 8. The van der Waals surface area contributed by atoms with E-state index in [-0.39, 0.29) is 48.5 Å². The minimum Gasteiger partial charge on any atom is -0.481 e. The number of carbonyl (C=O) groups is 3. The van der Waals surface area contributed by atoms with Gasteiger partial charge >= 0.3 is 17.9 Å². The maximum Gasteiger partial charge on any atom is 0.308 e. The first kappa shape index (κ1) is 33.8. The lowest BCUT2D eigenvalue weighted by atomic mass is 9.66. The lowest BCUT2D eigenvalue weighted by molar-refractivity contribution is -0.159. The van der Waals surface area contributed by atoms with E-state index in [0.29, 0.717) is 38.2 Å². The molecule has 0 radical (unpaired) electrons. The molecule has 0 fully saturated rings. The molecule has 38 heavy (non-hydrogen) atoms. The first-order valence-corrected chi connectivity index (χ1v) is 13.7. The number of esters is 2. The molecule has 0 amide bonds. The molecule has 0 aliphatic heterocycles. The zero-order valence-electron chi connectivity index (χ0n) is 23.7. The van der Waals surface area contributed by atoms with Crippen LogP contribution in [0.2, 0.25) is 0 Å². The Bertz CT molecular complexity index is 819. The zero-order chi connectivity index (χ0) is 29.0. The Hall–Kier alpha value is -2.23. The molecule has 0 unspecified atom stereocenters. The van der Waals surface area contributed by atoms with Crippen LogP contribution in [0.25, 0.3) is 0 Å². The molecule has 0 spiro atoms. The second kappa shape index (κ2) is 16.7. The molecular weight excluding hydrogens is 492 g/mol. The van der Waals surface area contributed by atoms with Crippen LogP contribution in [0.5, 0.6) is 0 Å². The highest BCUT2D eigenvalue weighted by Gasteiger charge is 2.42. The number of rotatable bonds is 12. The minimum absolute atomic E-state index is 0.0156. The summed E-state index contributed by atoms with van der Waals surface area (Å²) in [6.07, 6.45) is 4.64. The molecule has 0 saturated heterocycles. The fourth-order valence-electron chi connectivity index (χ4n) is 4.80. The topological polar surface area (TPSA) is 151 Å². The number of fused-ring (bicyclic) bond motifs is 1. The fraction of sp³-hybridized carbons (Fsp3) is 0.759. The number of hydrogen-bond donors (Lipinski definition) is 4. The molecule has 4 N–H and O–H groups in total. The lowest BCUT2D eigenvalue weighted by Gasteiger charge is -2.43. The Morgan fingerprint density at radius 3 is 2.32 bits per heavy atom. The Labute approximate surface area is 226 Å². The number of aliphatic hydroxyl groups excluding tert-OH is 3. The van der Waals surface area contributed by atoms with Crippen LogP contribution < -0.4 is 0 Å². The molecule has 0 aromatic carbocycles. The van der Waals surface area contributed by atoms with Crippen molar-refractivity contribution >= 4 is 17.9 Å². The van der Waals surface area contributed by atoms with Gasteiger partial charge in [-0.1, -0.05) is 52.8 Å². The average Bonchev–Trinajstić information content (AvgIpc) is 2.81.